The quantitative estimate of drug-likeness (QED) is 0.651. The van der Waals surface area contributed by atoms with E-state index in [1.165, 1.54) is 35.3 Å². The van der Waals surface area contributed by atoms with Gasteiger partial charge in [0.15, 0.2) is 10.2 Å². The summed E-state index contributed by atoms with van der Waals surface area (Å²) in [5.41, 5.74) is 3.54. The van der Waals surface area contributed by atoms with Gasteiger partial charge in [0, 0.05) is 11.6 Å². The van der Waals surface area contributed by atoms with E-state index >= 15 is 0 Å². The molecule has 0 bridgehead atoms. The molecule has 0 unspecified atom stereocenters. The van der Waals surface area contributed by atoms with Gasteiger partial charge < -0.3 is 9.84 Å². The zero-order valence-electron chi connectivity index (χ0n) is 13.4. The fourth-order valence-corrected chi connectivity index (χ4v) is 3.88. The standard InChI is InChI=1S/C16H17N5OS2/c1-9-4-3-5-12(10(9)2)17-15-19-20-16(24-15)23-8-13-18-14(22-21-13)11-6-7-11/h3-5,11H,6-8H2,1-2H3,(H,17,19). The average molecular weight is 359 g/mol. The molecule has 6 nitrogen and oxygen atoms in total. The van der Waals surface area contributed by atoms with Crippen LogP contribution in [0.2, 0.25) is 0 Å². The largest absolute Gasteiger partial charge is 0.339 e. The molecule has 124 valence electrons. The molecule has 0 aliphatic heterocycles. The highest BCUT2D eigenvalue weighted by molar-refractivity contribution is 8.00. The normalized spacial score (nSPS) is 14.1. The molecule has 8 heteroatoms. The summed E-state index contributed by atoms with van der Waals surface area (Å²) in [4.78, 5) is 4.43. The van der Waals surface area contributed by atoms with Crippen LogP contribution in [0.4, 0.5) is 10.8 Å². The predicted molar refractivity (Wildman–Crippen MR) is 94.9 cm³/mol. The van der Waals surface area contributed by atoms with Crippen LogP contribution in [-0.2, 0) is 5.75 Å². The van der Waals surface area contributed by atoms with Gasteiger partial charge in [-0.2, -0.15) is 4.98 Å². The Hall–Kier alpha value is -1.93. The molecule has 1 N–H and O–H groups in total. The Balaban J connectivity index is 1.38. The second-order valence-corrected chi connectivity index (χ2v) is 8.06. The van der Waals surface area contributed by atoms with Gasteiger partial charge in [-0.05, 0) is 43.9 Å². The van der Waals surface area contributed by atoms with Crippen molar-refractivity contribution in [1.82, 2.24) is 20.3 Å². The van der Waals surface area contributed by atoms with Crippen molar-refractivity contribution in [3.63, 3.8) is 0 Å². The first-order valence-corrected chi connectivity index (χ1v) is 9.61. The molecule has 1 aromatic carbocycles. The van der Waals surface area contributed by atoms with Gasteiger partial charge in [-0.1, -0.05) is 40.4 Å². The van der Waals surface area contributed by atoms with Crippen molar-refractivity contribution in [3.05, 3.63) is 41.0 Å². The van der Waals surface area contributed by atoms with E-state index in [0.717, 1.165) is 26.9 Å². The highest BCUT2D eigenvalue weighted by Crippen LogP contribution is 2.39. The third-order valence-electron chi connectivity index (χ3n) is 3.99. The summed E-state index contributed by atoms with van der Waals surface area (Å²) in [6.07, 6.45) is 2.33. The van der Waals surface area contributed by atoms with Crippen LogP contribution in [0.25, 0.3) is 0 Å². The van der Waals surface area contributed by atoms with Gasteiger partial charge in [0.2, 0.25) is 11.0 Å². The first-order chi connectivity index (χ1) is 11.7. The molecule has 3 aromatic rings. The number of thioether (sulfide) groups is 1. The van der Waals surface area contributed by atoms with Crippen molar-refractivity contribution in [3.8, 4) is 0 Å². The van der Waals surface area contributed by atoms with Crippen LogP contribution < -0.4 is 5.32 Å². The van der Waals surface area contributed by atoms with E-state index in [1.54, 1.807) is 11.8 Å². The lowest BCUT2D eigenvalue weighted by molar-refractivity contribution is 0.375. The highest BCUT2D eigenvalue weighted by atomic mass is 32.2. The van der Waals surface area contributed by atoms with Crippen molar-refractivity contribution in [2.24, 2.45) is 0 Å². The van der Waals surface area contributed by atoms with Crippen molar-refractivity contribution in [2.75, 3.05) is 5.32 Å². The molecule has 24 heavy (non-hydrogen) atoms. The first kappa shape index (κ1) is 15.6. The molecule has 4 rings (SSSR count). The SMILES string of the molecule is Cc1cccc(Nc2nnc(SCc3noc(C4CC4)n3)s2)c1C. The molecule has 0 saturated heterocycles. The van der Waals surface area contributed by atoms with Crippen molar-refractivity contribution >= 4 is 33.9 Å². The number of nitrogens with one attached hydrogen (secondary N) is 1. The van der Waals surface area contributed by atoms with Crippen molar-refractivity contribution in [2.45, 2.75) is 42.7 Å². The Morgan fingerprint density at radius 2 is 2.17 bits per heavy atom. The van der Waals surface area contributed by atoms with Crippen LogP contribution >= 0.6 is 23.1 Å². The van der Waals surface area contributed by atoms with Crippen molar-refractivity contribution < 1.29 is 4.52 Å². The highest BCUT2D eigenvalue weighted by Gasteiger charge is 2.29. The lowest BCUT2D eigenvalue weighted by Gasteiger charge is -2.08. The Labute approximate surface area is 148 Å². The minimum Gasteiger partial charge on any atom is -0.339 e. The number of aromatic nitrogens is 4. The monoisotopic (exact) mass is 359 g/mol. The minimum absolute atomic E-state index is 0.492. The molecular weight excluding hydrogens is 342 g/mol. The van der Waals surface area contributed by atoms with Crippen LogP contribution in [0.5, 0.6) is 0 Å². The average Bonchev–Trinajstić information content (AvgIpc) is 3.15. The van der Waals surface area contributed by atoms with E-state index in [4.69, 9.17) is 4.52 Å². The predicted octanol–water partition coefficient (Wildman–Crippen LogP) is 4.45. The molecule has 0 spiro atoms. The minimum atomic E-state index is 0.492. The van der Waals surface area contributed by atoms with Gasteiger partial charge in [-0.15, -0.1) is 10.2 Å². The Bertz CT molecular complexity index is 856. The molecule has 0 amide bonds. The molecule has 1 fully saturated rings. The second-order valence-electron chi connectivity index (χ2n) is 5.86. The smallest absolute Gasteiger partial charge is 0.229 e. The van der Waals surface area contributed by atoms with E-state index in [-0.39, 0.29) is 0 Å². The zero-order chi connectivity index (χ0) is 16.5. The molecule has 2 heterocycles. The third-order valence-corrected chi connectivity index (χ3v) is 5.96. The fraction of sp³-hybridized carbons (Fsp3) is 0.375. The summed E-state index contributed by atoms with van der Waals surface area (Å²) in [7, 11) is 0. The Morgan fingerprint density at radius 1 is 1.29 bits per heavy atom. The lowest BCUT2D eigenvalue weighted by atomic mass is 10.1. The summed E-state index contributed by atoms with van der Waals surface area (Å²) < 4.78 is 6.16. The number of rotatable bonds is 6. The van der Waals surface area contributed by atoms with Crippen LogP contribution in [-0.4, -0.2) is 20.3 Å². The summed E-state index contributed by atoms with van der Waals surface area (Å²) in [5, 5.41) is 16.6. The van der Waals surface area contributed by atoms with Crippen LogP contribution in [0.1, 0.15) is 41.6 Å². The van der Waals surface area contributed by atoms with Gasteiger partial charge in [0.25, 0.3) is 0 Å². The van der Waals surface area contributed by atoms with E-state index in [2.05, 4.69) is 51.6 Å². The van der Waals surface area contributed by atoms with Gasteiger partial charge in [0.1, 0.15) is 0 Å². The summed E-state index contributed by atoms with van der Waals surface area (Å²) in [6, 6.07) is 6.19. The molecule has 1 saturated carbocycles. The zero-order valence-corrected chi connectivity index (χ0v) is 15.1. The Kier molecular flexibility index (Phi) is 4.24. The van der Waals surface area contributed by atoms with E-state index in [1.807, 2.05) is 6.07 Å². The number of hydrogen-bond donors (Lipinski definition) is 1. The van der Waals surface area contributed by atoms with Gasteiger partial charge in [0.05, 0.1) is 5.75 Å². The van der Waals surface area contributed by atoms with Gasteiger partial charge >= 0.3 is 0 Å². The summed E-state index contributed by atoms with van der Waals surface area (Å²) >= 11 is 3.11. The number of nitrogens with zero attached hydrogens (tertiary/aromatic N) is 4. The maximum atomic E-state index is 5.27. The number of aryl methyl sites for hydroxylation is 1. The van der Waals surface area contributed by atoms with Crippen LogP contribution in [0.15, 0.2) is 27.1 Å². The van der Waals surface area contributed by atoms with E-state index in [0.29, 0.717) is 11.7 Å². The summed E-state index contributed by atoms with van der Waals surface area (Å²) in [5.74, 6) is 2.64. The Morgan fingerprint density at radius 3 is 3.00 bits per heavy atom. The van der Waals surface area contributed by atoms with Gasteiger partial charge in [-0.3, -0.25) is 0 Å². The molecule has 0 atom stereocenters. The molecular formula is C16H17N5OS2. The fourth-order valence-electron chi connectivity index (χ4n) is 2.27. The molecule has 1 aliphatic rings. The van der Waals surface area contributed by atoms with Crippen molar-refractivity contribution in [1.29, 1.82) is 0 Å². The number of benzene rings is 1. The van der Waals surface area contributed by atoms with E-state index < -0.39 is 0 Å². The van der Waals surface area contributed by atoms with E-state index in [9.17, 15) is 0 Å². The van der Waals surface area contributed by atoms with Crippen LogP contribution in [0.3, 0.4) is 0 Å². The maximum absolute atomic E-state index is 5.27. The maximum Gasteiger partial charge on any atom is 0.229 e. The second kappa shape index (κ2) is 6.52. The number of anilines is 2. The topological polar surface area (TPSA) is 76.7 Å². The first-order valence-electron chi connectivity index (χ1n) is 7.81. The van der Waals surface area contributed by atoms with Crippen LogP contribution in [0, 0.1) is 13.8 Å². The lowest BCUT2D eigenvalue weighted by Crippen LogP contribution is -1.94. The third kappa shape index (κ3) is 3.44. The molecule has 0 radical (unpaired) electrons. The molecule has 2 aromatic heterocycles. The summed E-state index contributed by atoms with van der Waals surface area (Å²) in [6.45, 7) is 4.20. The van der Waals surface area contributed by atoms with Gasteiger partial charge in [-0.25, -0.2) is 0 Å². The number of hydrogen-bond acceptors (Lipinski definition) is 8. The molecule has 1 aliphatic carbocycles.